The number of hydrogen-bond acceptors (Lipinski definition) is 4. The molecule has 0 aromatic heterocycles. The van der Waals surface area contributed by atoms with Crippen molar-refractivity contribution in [3.8, 4) is 0 Å². The van der Waals surface area contributed by atoms with Crippen molar-refractivity contribution in [2.24, 2.45) is 0 Å². The van der Waals surface area contributed by atoms with Crippen LogP contribution in [-0.2, 0) is 16.4 Å². The molecule has 0 bridgehead atoms. The standard InChI is InChI=1S/C24H22N2O3S.ClH/c27-24(22-9-4-10-23-21(22)11-16-30(23,28)29)26-14-12-25(13-15-26)17-19-7-3-6-18-5-1-2-8-20(18)19;/h1-11,16H,12-15,17H2;1H. The van der Waals surface area contributed by atoms with Crippen molar-refractivity contribution in [2.75, 3.05) is 26.2 Å². The fourth-order valence-electron chi connectivity index (χ4n) is 4.33. The van der Waals surface area contributed by atoms with Crippen molar-refractivity contribution in [3.63, 3.8) is 0 Å². The van der Waals surface area contributed by atoms with Crippen molar-refractivity contribution in [1.29, 1.82) is 0 Å². The van der Waals surface area contributed by atoms with Crippen LogP contribution in [0.5, 0.6) is 0 Å². The number of fused-ring (bicyclic) bond motifs is 2. The number of hydrogen-bond donors (Lipinski definition) is 0. The molecule has 3 aromatic rings. The first-order chi connectivity index (χ1) is 14.5. The Morgan fingerprint density at radius 3 is 2.39 bits per heavy atom. The minimum atomic E-state index is -3.41. The van der Waals surface area contributed by atoms with Crippen LogP contribution in [0.1, 0.15) is 21.5 Å². The highest BCUT2D eigenvalue weighted by atomic mass is 35.5. The average Bonchev–Trinajstić information content (AvgIpc) is 3.09. The summed E-state index contributed by atoms with van der Waals surface area (Å²) < 4.78 is 24.2. The molecule has 1 saturated heterocycles. The zero-order valence-corrected chi connectivity index (χ0v) is 18.5. The zero-order chi connectivity index (χ0) is 20.7. The number of carbonyl (C=O) groups is 1. The van der Waals surface area contributed by atoms with Gasteiger partial charge >= 0.3 is 0 Å². The van der Waals surface area contributed by atoms with Crippen LogP contribution in [0.3, 0.4) is 0 Å². The van der Waals surface area contributed by atoms with Crippen LogP contribution in [0.15, 0.2) is 71.0 Å². The molecule has 0 N–H and O–H groups in total. The quantitative estimate of drug-likeness (QED) is 0.600. The van der Waals surface area contributed by atoms with Crippen molar-refractivity contribution >= 4 is 45.0 Å². The predicted molar refractivity (Wildman–Crippen MR) is 125 cm³/mol. The number of halogens is 1. The summed E-state index contributed by atoms with van der Waals surface area (Å²) in [6.07, 6.45) is 1.54. The zero-order valence-electron chi connectivity index (χ0n) is 16.9. The van der Waals surface area contributed by atoms with Gasteiger partial charge in [-0.15, -0.1) is 12.4 Å². The lowest BCUT2D eigenvalue weighted by Crippen LogP contribution is -2.48. The maximum Gasteiger partial charge on any atom is 0.254 e. The Balaban J connectivity index is 0.00000231. The van der Waals surface area contributed by atoms with Gasteiger partial charge in [0.2, 0.25) is 0 Å². The molecule has 2 aliphatic heterocycles. The van der Waals surface area contributed by atoms with Gasteiger partial charge in [-0.2, -0.15) is 0 Å². The first-order valence-electron chi connectivity index (χ1n) is 10.1. The maximum atomic E-state index is 13.1. The minimum absolute atomic E-state index is 0. The Hall–Kier alpha value is -2.67. The average molecular weight is 455 g/mol. The first kappa shape index (κ1) is 21.6. The van der Waals surface area contributed by atoms with Crippen molar-refractivity contribution in [1.82, 2.24) is 9.80 Å². The molecule has 160 valence electrons. The molecule has 5 nitrogen and oxygen atoms in total. The van der Waals surface area contributed by atoms with E-state index in [1.165, 1.54) is 27.8 Å². The van der Waals surface area contributed by atoms with E-state index in [1.807, 2.05) is 4.90 Å². The number of nitrogens with zero attached hydrogens (tertiary/aromatic N) is 2. The smallest absolute Gasteiger partial charge is 0.254 e. The predicted octanol–water partition coefficient (Wildman–Crippen LogP) is 3.98. The second-order valence-corrected chi connectivity index (χ2v) is 9.57. The van der Waals surface area contributed by atoms with Crippen LogP contribution in [0.4, 0.5) is 0 Å². The topological polar surface area (TPSA) is 57.7 Å². The maximum absolute atomic E-state index is 13.1. The number of rotatable bonds is 3. The summed E-state index contributed by atoms with van der Waals surface area (Å²) in [4.78, 5) is 17.5. The third-order valence-electron chi connectivity index (χ3n) is 5.95. The normalized spacial score (nSPS) is 17.4. The molecule has 1 fully saturated rings. The second kappa shape index (κ2) is 8.46. The lowest BCUT2D eigenvalue weighted by molar-refractivity contribution is 0.0628. The third kappa shape index (κ3) is 3.99. The number of amides is 1. The van der Waals surface area contributed by atoms with E-state index in [0.29, 0.717) is 24.2 Å². The third-order valence-corrected chi connectivity index (χ3v) is 7.41. The Labute approximate surface area is 188 Å². The van der Waals surface area contributed by atoms with E-state index < -0.39 is 9.84 Å². The van der Waals surface area contributed by atoms with Gasteiger partial charge in [0.1, 0.15) is 0 Å². The Kier molecular flexibility index (Phi) is 5.88. The number of piperazine rings is 1. The first-order valence-corrected chi connectivity index (χ1v) is 11.6. The molecule has 0 aliphatic carbocycles. The van der Waals surface area contributed by atoms with Crippen LogP contribution in [0.2, 0.25) is 0 Å². The highest BCUT2D eigenvalue weighted by molar-refractivity contribution is 7.94. The largest absolute Gasteiger partial charge is 0.336 e. The summed E-state index contributed by atoms with van der Waals surface area (Å²) in [5.74, 6) is -0.0987. The molecular weight excluding hydrogens is 432 g/mol. The summed E-state index contributed by atoms with van der Waals surface area (Å²) in [6.45, 7) is 3.69. The van der Waals surface area contributed by atoms with Crippen molar-refractivity contribution < 1.29 is 13.2 Å². The van der Waals surface area contributed by atoms with Crippen LogP contribution in [0, 0.1) is 0 Å². The van der Waals surface area contributed by atoms with E-state index in [1.54, 1.807) is 18.2 Å². The molecule has 7 heteroatoms. The summed E-state index contributed by atoms with van der Waals surface area (Å²) in [5, 5.41) is 3.69. The van der Waals surface area contributed by atoms with Gasteiger partial charge in [-0.3, -0.25) is 9.69 Å². The van der Waals surface area contributed by atoms with Crippen molar-refractivity contribution in [3.05, 3.63) is 82.8 Å². The van der Waals surface area contributed by atoms with E-state index in [4.69, 9.17) is 0 Å². The van der Waals surface area contributed by atoms with Crippen LogP contribution >= 0.6 is 12.4 Å². The molecule has 0 saturated carbocycles. The lowest BCUT2D eigenvalue weighted by Gasteiger charge is -2.35. The molecule has 31 heavy (non-hydrogen) atoms. The molecule has 3 aromatic carbocycles. The summed E-state index contributed by atoms with van der Waals surface area (Å²) >= 11 is 0. The number of sulfone groups is 1. The Morgan fingerprint density at radius 2 is 1.58 bits per heavy atom. The fraction of sp³-hybridized carbons (Fsp3) is 0.208. The van der Waals surface area contributed by atoms with E-state index in [-0.39, 0.29) is 23.2 Å². The minimum Gasteiger partial charge on any atom is -0.336 e. The highest BCUT2D eigenvalue weighted by Crippen LogP contribution is 2.30. The molecule has 2 aliphatic rings. The molecule has 0 radical (unpaired) electrons. The van der Waals surface area contributed by atoms with Gasteiger partial charge in [-0.25, -0.2) is 8.42 Å². The molecule has 2 heterocycles. The molecule has 0 unspecified atom stereocenters. The van der Waals surface area contributed by atoms with E-state index in [0.717, 1.165) is 19.6 Å². The van der Waals surface area contributed by atoms with Gasteiger partial charge in [0.25, 0.3) is 5.91 Å². The van der Waals surface area contributed by atoms with Crippen LogP contribution < -0.4 is 0 Å². The second-order valence-electron chi connectivity index (χ2n) is 7.77. The summed E-state index contributed by atoms with van der Waals surface area (Å²) in [7, 11) is -3.41. The SMILES string of the molecule is Cl.O=C(c1cccc2c1C=CS2(=O)=O)N1CCN(Cc2cccc3ccccc23)CC1. The van der Waals surface area contributed by atoms with Gasteiger partial charge in [0, 0.05) is 49.3 Å². The fourth-order valence-corrected chi connectivity index (χ4v) is 5.55. The molecule has 1 amide bonds. The molecule has 0 spiro atoms. The van der Waals surface area contributed by atoms with E-state index in [9.17, 15) is 13.2 Å². The van der Waals surface area contributed by atoms with Crippen LogP contribution in [0.25, 0.3) is 16.8 Å². The van der Waals surface area contributed by atoms with Gasteiger partial charge in [-0.05, 0) is 34.5 Å². The molecule has 5 rings (SSSR count). The molecule has 0 atom stereocenters. The molecular formula is C24H23ClN2O3S. The Morgan fingerprint density at radius 1 is 0.871 bits per heavy atom. The summed E-state index contributed by atoms with van der Waals surface area (Å²) in [5.41, 5.74) is 2.28. The highest BCUT2D eigenvalue weighted by Gasteiger charge is 2.28. The van der Waals surface area contributed by atoms with Gasteiger partial charge in [0.05, 0.1) is 4.90 Å². The van der Waals surface area contributed by atoms with E-state index in [2.05, 4.69) is 47.4 Å². The number of carbonyl (C=O) groups excluding carboxylic acids is 1. The monoisotopic (exact) mass is 454 g/mol. The lowest BCUT2D eigenvalue weighted by atomic mass is 10.0. The van der Waals surface area contributed by atoms with Crippen molar-refractivity contribution in [2.45, 2.75) is 11.4 Å². The number of benzene rings is 3. The van der Waals surface area contributed by atoms with Gasteiger partial charge in [-0.1, -0.05) is 48.5 Å². The Bertz CT molecular complexity index is 1270. The van der Waals surface area contributed by atoms with Gasteiger partial charge in [0.15, 0.2) is 9.84 Å². The summed E-state index contributed by atoms with van der Waals surface area (Å²) in [6, 6.07) is 19.7. The van der Waals surface area contributed by atoms with Crippen LogP contribution in [-0.4, -0.2) is 50.3 Å². The van der Waals surface area contributed by atoms with Gasteiger partial charge < -0.3 is 4.90 Å². The van der Waals surface area contributed by atoms with E-state index >= 15 is 0 Å².